The molecular weight excluding hydrogens is 343 g/mol. The molecule has 2 aliphatic carbocycles. The molecule has 1 atom stereocenters. The molecule has 0 spiro atoms. The molecule has 148 valence electrons. The van der Waals surface area contributed by atoms with E-state index in [0.29, 0.717) is 5.92 Å². The summed E-state index contributed by atoms with van der Waals surface area (Å²) < 4.78 is 13.4. The minimum atomic E-state index is -0.0990. The Balaban J connectivity index is 1.34. The average Bonchev–Trinajstić information content (AvgIpc) is 2.74. The molecule has 2 aromatic rings. The highest BCUT2D eigenvalue weighted by Crippen LogP contribution is 2.39. The van der Waals surface area contributed by atoms with Gasteiger partial charge in [-0.2, -0.15) is 0 Å². The van der Waals surface area contributed by atoms with Gasteiger partial charge in [-0.15, -0.1) is 0 Å². The summed E-state index contributed by atoms with van der Waals surface area (Å²) in [5.74, 6) is 2.16. The van der Waals surface area contributed by atoms with Crippen LogP contribution in [0.3, 0.4) is 0 Å². The summed E-state index contributed by atoms with van der Waals surface area (Å²) in [6.07, 6.45) is 15.8. The van der Waals surface area contributed by atoms with E-state index in [1.54, 1.807) is 12.1 Å². The highest BCUT2D eigenvalue weighted by Gasteiger charge is 2.23. The van der Waals surface area contributed by atoms with Gasteiger partial charge in [0, 0.05) is 0 Å². The predicted molar refractivity (Wildman–Crippen MR) is 116 cm³/mol. The monoisotopic (exact) mass is 376 g/mol. The number of hydrogen-bond acceptors (Lipinski definition) is 0. The van der Waals surface area contributed by atoms with Gasteiger partial charge in [0.1, 0.15) is 5.82 Å². The van der Waals surface area contributed by atoms with E-state index in [-0.39, 0.29) is 5.82 Å². The fourth-order valence-electron chi connectivity index (χ4n) is 5.33. The van der Waals surface area contributed by atoms with Crippen LogP contribution >= 0.6 is 0 Å². The first kappa shape index (κ1) is 19.4. The summed E-state index contributed by atoms with van der Waals surface area (Å²) in [6, 6.07) is 14.8. The van der Waals surface area contributed by atoms with Crippen molar-refractivity contribution in [1.82, 2.24) is 0 Å². The molecule has 0 nitrogen and oxygen atoms in total. The van der Waals surface area contributed by atoms with Crippen LogP contribution in [0.5, 0.6) is 0 Å². The van der Waals surface area contributed by atoms with Gasteiger partial charge in [0.05, 0.1) is 0 Å². The molecule has 4 rings (SSSR count). The van der Waals surface area contributed by atoms with E-state index in [1.165, 1.54) is 60.8 Å². The lowest BCUT2D eigenvalue weighted by Crippen LogP contribution is -2.14. The zero-order chi connectivity index (χ0) is 19.3. The number of fused-ring (bicyclic) bond motifs is 1. The van der Waals surface area contributed by atoms with E-state index in [1.807, 2.05) is 6.07 Å². The summed E-state index contributed by atoms with van der Waals surface area (Å²) in [6.45, 7) is 2.12. The van der Waals surface area contributed by atoms with Crippen molar-refractivity contribution in [3.05, 3.63) is 82.7 Å². The van der Waals surface area contributed by atoms with Crippen molar-refractivity contribution in [3.63, 3.8) is 0 Å². The van der Waals surface area contributed by atoms with Crippen LogP contribution in [0, 0.1) is 11.7 Å². The number of hydrogen-bond donors (Lipinski definition) is 0. The molecule has 0 aromatic heterocycles. The van der Waals surface area contributed by atoms with Gasteiger partial charge in [0.2, 0.25) is 0 Å². The van der Waals surface area contributed by atoms with Crippen LogP contribution in [-0.4, -0.2) is 0 Å². The molecule has 1 saturated carbocycles. The Kier molecular flexibility index (Phi) is 6.29. The van der Waals surface area contributed by atoms with Crippen molar-refractivity contribution in [2.75, 3.05) is 0 Å². The fraction of sp³-hybridized carbons (Fsp3) is 0.481. The van der Waals surface area contributed by atoms with Crippen LogP contribution in [-0.2, 0) is 12.8 Å². The van der Waals surface area contributed by atoms with Gasteiger partial charge in [-0.1, -0.05) is 42.5 Å². The third-order valence-electron chi connectivity index (χ3n) is 7.10. The minimum Gasteiger partial charge on any atom is -0.207 e. The Hall–Kier alpha value is -1.89. The molecule has 1 heteroatoms. The Morgan fingerprint density at radius 2 is 1.57 bits per heavy atom. The quantitative estimate of drug-likeness (QED) is 0.468. The van der Waals surface area contributed by atoms with Crippen LogP contribution in [0.2, 0.25) is 0 Å². The largest absolute Gasteiger partial charge is 0.207 e. The first-order valence-corrected chi connectivity index (χ1v) is 11.2. The molecule has 0 saturated heterocycles. The summed E-state index contributed by atoms with van der Waals surface area (Å²) >= 11 is 0. The van der Waals surface area contributed by atoms with Crippen molar-refractivity contribution in [1.29, 1.82) is 0 Å². The van der Waals surface area contributed by atoms with Gasteiger partial charge in [-0.05, 0) is 117 Å². The third kappa shape index (κ3) is 4.57. The molecule has 0 aliphatic heterocycles. The van der Waals surface area contributed by atoms with Crippen LogP contribution in [0.15, 0.2) is 54.6 Å². The molecule has 2 aromatic carbocycles. The molecule has 1 fully saturated rings. The second-order valence-electron chi connectivity index (χ2n) is 8.88. The van der Waals surface area contributed by atoms with Crippen molar-refractivity contribution in [3.8, 4) is 0 Å². The molecular formula is C27H33F. The Labute approximate surface area is 169 Å². The molecule has 28 heavy (non-hydrogen) atoms. The van der Waals surface area contributed by atoms with Crippen molar-refractivity contribution in [2.45, 2.75) is 76.5 Å². The summed E-state index contributed by atoms with van der Waals surface area (Å²) in [5.41, 5.74) is 5.53. The molecule has 0 heterocycles. The van der Waals surface area contributed by atoms with Crippen molar-refractivity contribution >= 4 is 0 Å². The highest BCUT2D eigenvalue weighted by atomic mass is 19.1. The zero-order valence-electron chi connectivity index (χ0n) is 17.2. The average molecular weight is 377 g/mol. The maximum absolute atomic E-state index is 13.4. The highest BCUT2D eigenvalue weighted by molar-refractivity contribution is 5.35. The summed E-state index contributed by atoms with van der Waals surface area (Å²) in [5, 5.41) is 0. The van der Waals surface area contributed by atoms with E-state index in [9.17, 15) is 4.39 Å². The summed E-state index contributed by atoms with van der Waals surface area (Å²) in [4.78, 5) is 0. The fourth-order valence-corrected chi connectivity index (χ4v) is 5.33. The van der Waals surface area contributed by atoms with Gasteiger partial charge in [0.15, 0.2) is 0 Å². The maximum atomic E-state index is 13.4. The normalized spacial score (nSPS) is 25.0. The first-order chi connectivity index (χ1) is 13.7. The molecule has 0 amide bonds. The smallest absolute Gasteiger partial charge is 0.123 e. The van der Waals surface area contributed by atoms with Gasteiger partial charge in [-0.25, -0.2) is 4.39 Å². The Morgan fingerprint density at radius 3 is 2.29 bits per heavy atom. The maximum Gasteiger partial charge on any atom is 0.123 e. The third-order valence-corrected chi connectivity index (χ3v) is 7.10. The Morgan fingerprint density at radius 1 is 0.857 bits per heavy atom. The van der Waals surface area contributed by atoms with Crippen LogP contribution < -0.4 is 0 Å². The summed E-state index contributed by atoms with van der Waals surface area (Å²) in [7, 11) is 0. The second-order valence-corrected chi connectivity index (χ2v) is 8.88. The number of benzene rings is 2. The topological polar surface area (TPSA) is 0 Å². The van der Waals surface area contributed by atoms with Crippen molar-refractivity contribution < 1.29 is 4.39 Å². The van der Waals surface area contributed by atoms with E-state index in [2.05, 4.69) is 43.3 Å². The molecule has 0 bridgehead atoms. The predicted octanol–water partition coefficient (Wildman–Crippen LogP) is 7.73. The minimum absolute atomic E-state index is 0.0990. The van der Waals surface area contributed by atoms with Gasteiger partial charge in [-0.3, -0.25) is 0 Å². The van der Waals surface area contributed by atoms with Gasteiger partial charge in [0.25, 0.3) is 0 Å². The molecule has 2 aliphatic rings. The standard InChI is InChI=1S/C27H33F/c1-2-3-4-5-20-6-8-21(9-7-20)22-10-12-23(13-11-22)24-14-15-26-19-27(28)17-16-25(26)18-24/h2-3,10-13,16-17,19-21,24H,4-9,14-15,18H2,1H3/b3-2+. The molecule has 0 N–H and O–H groups in total. The van der Waals surface area contributed by atoms with Gasteiger partial charge >= 0.3 is 0 Å². The lowest BCUT2D eigenvalue weighted by Gasteiger charge is -2.29. The number of halogens is 1. The number of allylic oxidation sites excluding steroid dienone is 2. The van der Waals surface area contributed by atoms with Crippen LogP contribution in [0.25, 0.3) is 0 Å². The van der Waals surface area contributed by atoms with Crippen LogP contribution in [0.1, 0.15) is 86.0 Å². The van der Waals surface area contributed by atoms with E-state index < -0.39 is 0 Å². The van der Waals surface area contributed by atoms with Gasteiger partial charge < -0.3 is 0 Å². The Bertz CT molecular complexity index is 794. The number of rotatable bonds is 5. The molecule has 0 radical (unpaired) electrons. The molecule has 1 unspecified atom stereocenters. The number of aryl methyl sites for hydroxylation is 1. The van der Waals surface area contributed by atoms with E-state index in [4.69, 9.17) is 0 Å². The van der Waals surface area contributed by atoms with Crippen LogP contribution in [0.4, 0.5) is 4.39 Å². The van der Waals surface area contributed by atoms with E-state index in [0.717, 1.165) is 31.1 Å². The zero-order valence-corrected chi connectivity index (χ0v) is 17.2. The van der Waals surface area contributed by atoms with Crippen molar-refractivity contribution in [2.24, 2.45) is 5.92 Å². The second kappa shape index (κ2) is 9.07. The van der Waals surface area contributed by atoms with E-state index >= 15 is 0 Å². The lowest BCUT2D eigenvalue weighted by atomic mass is 9.76. The first-order valence-electron chi connectivity index (χ1n) is 11.2. The lowest BCUT2D eigenvalue weighted by molar-refractivity contribution is 0.312. The SMILES string of the molecule is C/C=C/CCC1CCC(c2ccc(C3CCc4cc(F)ccc4C3)cc2)CC1.